The summed E-state index contributed by atoms with van der Waals surface area (Å²) in [5, 5.41) is 5.02. The van der Waals surface area contributed by atoms with Crippen molar-refractivity contribution < 1.29 is 33.5 Å². The second-order valence-corrected chi connectivity index (χ2v) is 7.40. The number of amides is 2. The van der Waals surface area contributed by atoms with Crippen LogP contribution < -0.4 is 16.5 Å². The molecule has 0 fully saturated rings. The number of nitrogens with two attached hydrogens (primary N) is 1. The molecule has 30 heavy (non-hydrogen) atoms. The minimum Gasteiger partial charge on any atom is -0.460 e. The van der Waals surface area contributed by atoms with Gasteiger partial charge < -0.3 is 24.9 Å². The molecule has 0 saturated heterocycles. The molecule has 0 aliphatic rings. The third-order valence-electron chi connectivity index (χ3n) is 3.68. The molecule has 0 radical (unpaired) electrons. The molecule has 166 valence electrons. The van der Waals surface area contributed by atoms with Crippen LogP contribution >= 0.6 is 0 Å². The fraction of sp³-hybridized carbons (Fsp3) is 0.500. The van der Waals surface area contributed by atoms with Gasteiger partial charge in [0, 0.05) is 19.5 Å². The number of rotatable bonds is 10. The maximum atomic E-state index is 12.2. The molecule has 2 amide bonds. The lowest BCUT2D eigenvalue weighted by Crippen LogP contribution is -2.36. The summed E-state index contributed by atoms with van der Waals surface area (Å²) in [6.07, 6.45) is -0.666. The zero-order valence-electron chi connectivity index (χ0n) is 17.4. The molecule has 0 aromatic heterocycles. The van der Waals surface area contributed by atoms with Crippen LogP contribution in [0.5, 0.6) is 0 Å². The SMILES string of the molecule is CC(C)(C)OC(=O)NCCC(=O)NCC[C@H](C(=O)ON)C(=O)OCc1ccccc1. The molecule has 0 saturated carbocycles. The summed E-state index contributed by atoms with van der Waals surface area (Å²) < 4.78 is 10.2. The molecule has 0 aliphatic carbocycles. The maximum absolute atomic E-state index is 12.2. The quantitative estimate of drug-likeness (QED) is 0.289. The van der Waals surface area contributed by atoms with Crippen LogP contribution in [-0.4, -0.2) is 42.6 Å². The predicted octanol–water partition coefficient (Wildman–Crippen LogP) is 1.18. The van der Waals surface area contributed by atoms with Gasteiger partial charge in [-0.3, -0.25) is 9.59 Å². The van der Waals surface area contributed by atoms with Gasteiger partial charge in [-0.1, -0.05) is 30.3 Å². The Morgan fingerprint density at radius 1 is 1.00 bits per heavy atom. The van der Waals surface area contributed by atoms with Crippen molar-refractivity contribution in [2.75, 3.05) is 13.1 Å². The van der Waals surface area contributed by atoms with Gasteiger partial charge >= 0.3 is 18.0 Å². The molecule has 1 aromatic rings. The Morgan fingerprint density at radius 2 is 1.67 bits per heavy atom. The number of carbonyl (C=O) groups excluding carboxylic acids is 4. The van der Waals surface area contributed by atoms with Gasteiger partial charge in [0.1, 0.15) is 12.2 Å². The Hall–Kier alpha value is -3.14. The number of ether oxygens (including phenoxy) is 2. The number of esters is 1. The highest BCUT2D eigenvalue weighted by Gasteiger charge is 2.29. The second-order valence-electron chi connectivity index (χ2n) is 7.40. The van der Waals surface area contributed by atoms with Crippen LogP contribution in [0.1, 0.15) is 39.2 Å². The summed E-state index contributed by atoms with van der Waals surface area (Å²) in [7, 11) is 0. The van der Waals surface area contributed by atoms with Gasteiger partial charge in [-0.2, -0.15) is 5.90 Å². The number of carbonyl (C=O) groups is 4. The average molecular weight is 423 g/mol. The minimum absolute atomic E-state index is 0.00326. The molecule has 0 spiro atoms. The van der Waals surface area contributed by atoms with E-state index in [1.54, 1.807) is 45.0 Å². The number of hydrogen-bond donors (Lipinski definition) is 3. The lowest BCUT2D eigenvalue weighted by Gasteiger charge is -2.19. The van der Waals surface area contributed by atoms with Crippen molar-refractivity contribution >= 4 is 23.9 Å². The molecule has 4 N–H and O–H groups in total. The summed E-state index contributed by atoms with van der Waals surface area (Å²) in [6, 6.07) is 8.96. The summed E-state index contributed by atoms with van der Waals surface area (Å²) in [5.74, 6) is 1.51. The number of alkyl carbamates (subject to hydrolysis) is 1. The van der Waals surface area contributed by atoms with Crippen molar-refractivity contribution in [2.45, 2.75) is 45.8 Å². The van der Waals surface area contributed by atoms with Crippen molar-refractivity contribution in [3.8, 4) is 0 Å². The van der Waals surface area contributed by atoms with Crippen molar-refractivity contribution in [3.63, 3.8) is 0 Å². The second kappa shape index (κ2) is 12.4. The Bertz CT molecular complexity index is 717. The number of nitrogens with one attached hydrogen (secondary N) is 2. The fourth-order valence-electron chi connectivity index (χ4n) is 2.28. The van der Waals surface area contributed by atoms with E-state index in [1.807, 2.05) is 6.07 Å². The van der Waals surface area contributed by atoms with E-state index in [9.17, 15) is 19.2 Å². The first-order valence-corrected chi connectivity index (χ1v) is 9.47. The normalized spacial score (nSPS) is 11.7. The van der Waals surface area contributed by atoms with E-state index in [0.29, 0.717) is 0 Å². The van der Waals surface area contributed by atoms with E-state index < -0.39 is 29.6 Å². The van der Waals surface area contributed by atoms with E-state index >= 15 is 0 Å². The Balaban J connectivity index is 2.37. The molecule has 10 heteroatoms. The number of benzene rings is 1. The zero-order chi connectivity index (χ0) is 22.6. The smallest absolute Gasteiger partial charge is 0.407 e. The van der Waals surface area contributed by atoms with E-state index in [0.717, 1.165) is 5.56 Å². The van der Waals surface area contributed by atoms with Gasteiger partial charge in [0.05, 0.1) is 0 Å². The van der Waals surface area contributed by atoms with E-state index in [4.69, 9.17) is 15.4 Å². The van der Waals surface area contributed by atoms with Gasteiger partial charge in [0.2, 0.25) is 5.91 Å². The molecule has 1 rings (SSSR count). The van der Waals surface area contributed by atoms with Crippen LogP contribution in [0.4, 0.5) is 4.79 Å². The minimum atomic E-state index is -1.26. The standard InChI is InChI=1S/C20H29N3O7/c1-20(2,3)29-19(27)23-12-10-16(24)22-11-9-15(18(26)30-21)17(25)28-13-14-7-5-4-6-8-14/h4-8,15H,9-13,21H2,1-3H3,(H,22,24)(H,23,27)/t15-/m0/s1. The van der Waals surface area contributed by atoms with Crippen molar-refractivity contribution in [3.05, 3.63) is 35.9 Å². The van der Waals surface area contributed by atoms with Crippen LogP contribution in [0, 0.1) is 5.92 Å². The highest BCUT2D eigenvalue weighted by Crippen LogP contribution is 2.10. The predicted molar refractivity (Wildman–Crippen MR) is 106 cm³/mol. The van der Waals surface area contributed by atoms with Crippen LogP contribution in [-0.2, 0) is 35.3 Å². The monoisotopic (exact) mass is 423 g/mol. The molecule has 10 nitrogen and oxygen atoms in total. The van der Waals surface area contributed by atoms with Crippen LogP contribution in [0.15, 0.2) is 30.3 Å². The lowest BCUT2D eigenvalue weighted by atomic mass is 10.1. The topological polar surface area (TPSA) is 146 Å². The molecule has 0 unspecified atom stereocenters. The Labute approximate surface area is 175 Å². The molecule has 0 heterocycles. The van der Waals surface area contributed by atoms with Crippen molar-refractivity contribution in [1.82, 2.24) is 10.6 Å². The highest BCUT2D eigenvalue weighted by molar-refractivity contribution is 5.94. The molecular weight excluding hydrogens is 394 g/mol. The lowest BCUT2D eigenvalue weighted by molar-refractivity contribution is -0.163. The molecule has 0 aliphatic heterocycles. The highest BCUT2D eigenvalue weighted by atomic mass is 16.7. The fourth-order valence-corrected chi connectivity index (χ4v) is 2.28. The van der Waals surface area contributed by atoms with Gasteiger partial charge in [-0.05, 0) is 32.8 Å². The van der Waals surface area contributed by atoms with Crippen LogP contribution in [0.2, 0.25) is 0 Å². The molecule has 0 bridgehead atoms. The third-order valence-corrected chi connectivity index (χ3v) is 3.68. The Morgan fingerprint density at radius 3 is 2.27 bits per heavy atom. The van der Waals surface area contributed by atoms with E-state index in [2.05, 4.69) is 15.5 Å². The maximum Gasteiger partial charge on any atom is 0.407 e. The largest absolute Gasteiger partial charge is 0.460 e. The van der Waals surface area contributed by atoms with Gasteiger partial charge in [0.15, 0.2) is 5.92 Å². The Kier molecular flexibility index (Phi) is 10.3. The van der Waals surface area contributed by atoms with Crippen molar-refractivity contribution in [1.29, 1.82) is 0 Å². The van der Waals surface area contributed by atoms with E-state index in [1.165, 1.54) is 0 Å². The number of hydrogen-bond acceptors (Lipinski definition) is 8. The average Bonchev–Trinajstić information content (AvgIpc) is 2.68. The van der Waals surface area contributed by atoms with Gasteiger partial charge in [-0.25, -0.2) is 9.59 Å². The van der Waals surface area contributed by atoms with Crippen LogP contribution in [0.3, 0.4) is 0 Å². The van der Waals surface area contributed by atoms with Crippen LogP contribution in [0.25, 0.3) is 0 Å². The third kappa shape index (κ3) is 10.4. The van der Waals surface area contributed by atoms with Gasteiger partial charge in [-0.15, -0.1) is 0 Å². The van der Waals surface area contributed by atoms with E-state index in [-0.39, 0.29) is 38.4 Å². The summed E-state index contributed by atoms with van der Waals surface area (Å²) >= 11 is 0. The summed E-state index contributed by atoms with van der Waals surface area (Å²) in [6.45, 7) is 5.28. The molecular formula is C20H29N3O7. The first-order chi connectivity index (χ1) is 14.1. The summed E-state index contributed by atoms with van der Waals surface area (Å²) in [5.41, 5.74) is 0.130. The first-order valence-electron chi connectivity index (χ1n) is 9.47. The van der Waals surface area contributed by atoms with Crippen molar-refractivity contribution in [2.24, 2.45) is 11.8 Å². The van der Waals surface area contributed by atoms with Gasteiger partial charge in [0.25, 0.3) is 0 Å². The summed E-state index contributed by atoms with van der Waals surface area (Å²) in [4.78, 5) is 51.5. The molecule has 1 atom stereocenters. The first kappa shape index (κ1) is 24.9. The molecule has 1 aromatic carbocycles. The zero-order valence-corrected chi connectivity index (χ0v) is 17.4.